The highest BCUT2D eigenvalue weighted by Crippen LogP contribution is 2.30. The Morgan fingerprint density at radius 3 is 2.48 bits per heavy atom. The van der Waals surface area contributed by atoms with E-state index in [1.54, 1.807) is 29.2 Å². The fourth-order valence-corrected chi connectivity index (χ4v) is 3.09. The van der Waals surface area contributed by atoms with Crippen molar-refractivity contribution >= 4 is 23.6 Å². The largest absolute Gasteiger partial charge is 0.481 e. The van der Waals surface area contributed by atoms with E-state index in [0.717, 1.165) is 5.69 Å². The van der Waals surface area contributed by atoms with Gasteiger partial charge in [0.25, 0.3) is 5.91 Å². The van der Waals surface area contributed by atoms with E-state index in [2.05, 4.69) is 10.6 Å². The second-order valence-electron chi connectivity index (χ2n) is 6.31. The third-order valence-electron chi connectivity index (χ3n) is 4.79. The number of carbonyl (C=O) groups is 3. The summed E-state index contributed by atoms with van der Waals surface area (Å²) in [6, 6.07) is 6.53. The number of carbonyl (C=O) groups excluding carboxylic acids is 2. The average molecular weight is 347 g/mol. The first-order valence-corrected chi connectivity index (χ1v) is 8.27. The first-order chi connectivity index (χ1) is 12.0. The van der Waals surface area contributed by atoms with Crippen molar-refractivity contribution in [2.75, 3.05) is 37.7 Å². The number of aliphatic carboxylic acids is 1. The second-order valence-corrected chi connectivity index (χ2v) is 6.31. The average Bonchev–Trinajstić information content (AvgIpc) is 3.06. The van der Waals surface area contributed by atoms with Crippen molar-refractivity contribution in [3.05, 3.63) is 29.8 Å². The summed E-state index contributed by atoms with van der Waals surface area (Å²) in [6.07, 6.45) is 0.761. The molecule has 2 aliphatic rings. The Labute approximate surface area is 145 Å². The molecule has 1 aromatic carbocycles. The van der Waals surface area contributed by atoms with Gasteiger partial charge < -0.3 is 20.5 Å². The van der Waals surface area contributed by atoms with E-state index in [0.29, 0.717) is 44.7 Å². The molecule has 134 valence electrons. The predicted octanol–water partition coefficient (Wildman–Crippen LogP) is 0.827. The predicted molar refractivity (Wildman–Crippen MR) is 89.6 cm³/mol. The normalized spacial score (nSPS) is 19.4. The minimum Gasteiger partial charge on any atom is -0.481 e. The molecule has 0 radical (unpaired) electrons. The van der Waals surface area contributed by atoms with Crippen molar-refractivity contribution in [1.29, 1.82) is 0 Å². The molecule has 0 atom stereocenters. The van der Waals surface area contributed by atoms with Crippen molar-refractivity contribution in [2.45, 2.75) is 12.8 Å². The monoisotopic (exact) mass is 347 g/mol. The van der Waals surface area contributed by atoms with Crippen molar-refractivity contribution in [2.24, 2.45) is 5.41 Å². The highest BCUT2D eigenvalue weighted by Gasteiger charge is 2.40. The number of hydrogen-bond acceptors (Lipinski definition) is 4. The van der Waals surface area contributed by atoms with Crippen LogP contribution in [-0.4, -0.2) is 55.9 Å². The number of carboxylic acid groups (broad SMARTS) is 1. The number of benzene rings is 1. The minimum absolute atomic E-state index is 0.0702. The van der Waals surface area contributed by atoms with Gasteiger partial charge in [-0.25, -0.2) is 4.79 Å². The quantitative estimate of drug-likeness (QED) is 0.731. The highest BCUT2D eigenvalue weighted by molar-refractivity contribution is 5.97. The van der Waals surface area contributed by atoms with Crippen LogP contribution >= 0.6 is 0 Å². The van der Waals surface area contributed by atoms with Gasteiger partial charge >= 0.3 is 12.0 Å². The maximum atomic E-state index is 12.3. The smallest absolute Gasteiger partial charge is 0.321 e. The molecule has 8 heteroatoms. The maximum Gasteiger partial charge on any atom is 0.321 e. The number of ether oxygens (including phenoxy) is 1. The summed E-state index contributed by atoms with van der Waals surface area (Å²) in [5.74, 6) is -1.24. The molecule has 0 bridgehead atoms. The second kappa shape index (κ2) is 7.10. The van der Waals surface area contributed by atoms with E-state index in [9.17, 15) is 19.5 Å². The lowest BCUT2D eigenvalue weighted by Gasteiger charge is -2.33. The Hall–Kier alpha value is -2.61. The zero-order valence-corrected chi connectivity index (χ0v) is 13.8. The van der Waals surface area contributed by atoms with Gasteiger partial charge in [0.1, 0.15) is 0 Å². The van der Waals surface area contributed by atoms with Gasteiger partial charge in [-0.1, -0.05) is 0 Å². The number of hydrogen-bond donors (Lipinski definition) is 3. The van der Waals surface area contributed by atoms with Gasteiger partial charge in [-0.05, 0) is 37.1 Å². The van der Waals surface area contributed by atoms with E-state index in [-0.39, 0.29) is 18.5 Å². The summed E-state index contributed by atoms with van der Waals surface area (Å²) >= 11 is 0. The van der Waals surface area contributed by atoms with Crippen molar-refractivity contribution in [3.8, 4) is 0 Å². The van der Waals surface area contributed by atoms with E-state index in [1.165, 1.54) is 0 Å². The fraction of sp³-hybridized carbons (Fsp3) is 0.471. The molecule has 2 aliphatic heterocycles. The number of nitrogens with one attached hydrogen (secondary N) is 2. The lowest BCUT2D eigenvalue weighted by molar-refractivity contribution is -0.154. The molecule has 0 saturated carbocycles. The number of carboxylic acids is 1. The van der Waals surface area contributed by atoms with Crippen molar-refractivity contribution in [3.63, 3.8) is 0 Å². The topological polar surface area (TPSA) is 108 Å². The van der Waals surface area contributed by atoms with Crippen LogP contribution in [0.3, 0.4) is 0 Å². The molecule has 2 fully saturated rings. The Morgan fingerprint density at radius 1 is 1.24 bits per heavy atom. The zero-order chi connectivity index (χ0) is 17.9. The standard InChI is InChI=1S/C17H21N3O5/c21-14(19-11-17(15(22)23)5-9-25-10-6-17)12-1-3-13(4-2-12)20-8-7-18-16(20)24/h1-4H,5-11H2,(H,18,24)(H,19,21)(H,22,23). The van der Waals surface area contributed by atoms with E-state index < -0.39 is 11.4 Å². The zero-order valence-electron chi connectivity index (χ0n) is 13.8. The number of urea groups is 1. The van der Waals surface area contributed by atoms with Gasteiger partial charge in [-0.3, -0.25) is 14.5 Å². The van der Waals surface area contributed by atoms with Crippen LogP contribution in [0.2, 0.25) is 0 Å². The Balaban J connectivity index is 1.63. The first-order valence-electron chi connectivity index (χ1n) is 8.27. The van der Waals surface area contributed by atoms with Gasteiger partial charge in [0, 0.05) is 44.1 Å². The molecule has 2 saturated heterocycles. The van der Waals surface area contributed by atoms with E-state index in [1.807, 2.05) is 0 Å². The molecule has 0 aromatic heterocycles. The fourth-order valence-electron chi connectivity index (χ4n) is 3.09. The molecule has 25 heavy (non-hydrogen) atoms. The third kappa shape index (κ3) is 3.58. The van der Waals surface area contributed by atoms with Gasteiger partial charge in [0.15, 0.2) is 0 Å². The van der Waals surface area contributed by atoms with Crippen LogP contribution in [0.5, 0.6) is 0 Å². The van der Waals surface area contributed by atoms with E-state index in [4.69, 9.17) is 4.74 Å². The van der Waals surface area contributed by atoms with E-state index >= 15 is 0 Å². The maximum absolute atomic E-state index is 12.3. The van der Waals surface area contributed by atoms with Gasteiger partial charge in [0.05, 0.1) is 5.41 Å². The number of amides is 3. The van der Waals surface area contributed by atoms with Crippen molar-refractivity contribution < 1.29 is 24.2 Å². The molecular formula is C17H21N3O5. The van der Waals surface area contributed by atoms with Crippen LogP contribution in [0.4, 0.5) is 10.5 Å². The van der Waals surface area contributed by atoms with Gasteiger partial charge in [-0.15, -0.1) is 0 Å². The minimum atomic E-state index is -0.971. The third-order valence-corrected chi connectivity index (χ3v) is 4.79. The molecule has 0 aliphatic carbocycles. The van der Waals surface area contributed by atoms with Crippen LogP contribution in [0, 0.1) is 5.41 Å². The molecule has 3 amide bonds. The molecule has 0 unspecified atom stereocenters. The van der Waals surface area contributed by atoms with Crippen LogP contribution < -0.4 is 15.5 Å². The molecule has 1 aromatic rings. The molecular weight excluding hydrogens is 326 g/mol. The summed E-state index contributed by atoms with van der Waals surface area (Å²) < 4.78 is 5.22. The summed E-state index contributed by atoms with van der Waals surface area (Å²) in [5, 5.41) is 14.9. The van der Waals surface area contributed by atoms with Gasteiger partial charge in [-0.2, -0.15) is 0 Å². The lowest BCUT2D eigenvalue weighted by atomic mass is 9.80. The molecule has 3 N–H and O–H groups in total. The Kier molecular flexibility index (Phi) is 4.89. The van der Waals surface area contributed by atoms with Crippen LogP contribution in [0.25, 0.3) is 0 Å². The SMILES string of the molecule is O=C(NCC1(C(=O)O)CCOCC1)c1ccc(N2CCNC2=O)cc1. The number of anilines is 1. The summed E-state index contributed by atoms with van der Waals surface area (Å²) in [7, 11) is 0. The first kappa shape index (κ1) is 17.2. The molecule has 0 spiro atoms. The number of rotatable bonds is 5. The Morgan fingerprint density at radius 2 is 1.92 bits per heavy atom. The van der Waals surface area contributed by atoms with Crippen LogP contribution in [0.1, 0.15) is 23.2 Å². The van der Waals surface area contributed by atoms with Crippen molar-refractivity contribution in [1.82, 2.24) is 10.6 Å². The summed E-state index contributed by atoms with van der Waals surface area (Å²) in [4.78, 5) is 37.2. The molecule has 8 nitrogen and oxygen atoms in total. The van der Waals surface area contributed by atoms with Crippen LogP contribution in [0.15, 0.2) is 24.3 Å². The summed E-state index contributed by atoms with van der Waals surface area (Å²) in [6.45, 7) is 2.03. The summed E-state index contributed by atoms with van der Waals surface area (Å²) in [5.41, 5.74) is 0.176. The molecule has 3 rings (SSSR count). The molecule has 2 heterocycles. The van der Waals surface area contributed by atoms with Gasteiger partial charge in [0.2, 0.25) is 0 Å². The van der Waals surface area contributed by atoms with Crippen LogP contribution in [-0.2, 0) is 9.53 Å². The Bertz CT molecular complexity index is 667. The lowest BCUT2D eigenvalue weighted by Crippen LogP contribution is -2.46. The highest BCUT2D eigenvalue weighted by atomic mass is 16.5. The number of nitrogens with zero attached hydrogens (tertiary/aromatic N) is 1.